The van der Waals surface area contributed by atoms with Gasteiger partial charge in [-0.2, -0.15) is 10.2 Å². The molecule has 5 heterocycles. The van der Waals surface area contributed by atoms with Crippen molar-refractivity contribution in [3.63, 3.8) is 0 Å². The second-order valence-electron chi connectivity index (χ2n) is 8.87. The number of carbonyl (C=O) groups is 2. The molecule has 5 rings (SSSR count). The quantitative estimate of drug-likeness (QED) is 0.745. The van der Waals surface area contributed by atoms with Gasteiger partial charge in [-0.1, -0.05) is 0 Å². The Morgan fingerprint density at radius 2 is 1.81 bits per heavy atom. The molecule has 2 aromatic rings. The van der Waals surface area contributed by atoms with Crippen molar-refractivity contribution in [3.05, 3.63) is 34.9 Å². The molecular formula is C22H30N6O3. The number of aromatic nitrogens is 4. The molecule has 1 spiro atoms. The summed E-state index contributed by atoms with van der Waals surface area (Å²) >= 11 is 0. The normalized spacial score (nSPS) is 20.3. The van der Waals surface area contributed by atoms with E-state index in [1.54, 1.807) is 16.9 Å². The first-order valence-corrected chi connectivity index (χ1v) is 11.3. The number of hydrogen-bond donors (Lipinski definition) is 0. The van der Waals surface area contributed by atoms with Crippen molar-refractivity contribution in [1.82, 2.24) is 29.4 Å². The van der Waals surface area contributed by atoms with Crippen LogP contribution in [0.3, 0.4) is 0 Å². The Morgan fingerprint density at radius 1 is 1.10 bits per heavy atom. The molecular weight excluding hydrogens is 396 g/mol. The van der Waals surface area contributed by atoms with E-state index in [0.29, 0.717) is 37.6 Å². The van der Waals surface area contributed by atoms with Gasteiger partial charge in [-0.25, -0.2) is 0 Å². The van der Waals surface area contributed by atoms with E-state index in [-0.39, 0.29) is 17.4 Å². The monoisotopic (exact) mass is 426 g/mol. The standard InChI is InChI=1S/C22H30N6O3/c1-3-28-17(6-9-23-28)20(29)27-12-7-22(8-13-27)14-18-16(15-31-22)19(24-25(18)2)21(30)26-10-4-5-11-26/h6,9H,3-5,7-8,10-15H2,1-2H3. The van der Waals surface area contributed by atoms with Crippen molar-refractivity contribution >= 4 is 11.8 Å². The lowest BCUT2D eigenvalue weighted by Crippen LogP contribution is -2.51. The highest BCUT2D eigenvalue weighted by atomic mass is 16.5. The number of amides is 2. The van der Waals surface area contributed by atoms with E-state index < -0.39 is 0 Å². The van der Waals surface area contributed by atoms with Gasteiger partial charge < -0.3 is 14.5 Å². The fourth-order valence-corrected chi connectivity index (χ4v) is 5.17. The molecule has 2 aromatic heterocycles. The Labute approximate surface area is 181 Å². The fourth-order valence-electron chi connectivity index (χ4n) is 5.17. The van der Waals surface area contributed by atoms with Crippen LogP contribution in [0.1, 0.15) is 64.8 Å². The minimum atomic E-state index is -0.295. The molecule has 0 atom stereocenters. The van der Waals surface area contributed by atoms with Gasteiger partial charge in [0, 0.05) is 63.6 Å². The highest BCUT2D eigenvalue weighted by Crippen LogP contribution is 2.37. The highest BCUT2D eigenvalue weighted by Gasteiger charge is 2.43. The Bertz CT molecular complexity index is 995. The number of fused-ring (bicyclic) bond motifs is 1. The van der Waals surface area contributed by atoms with E-state index in [4.69, 9.17) is 4.74 Å². The summed E-state index contributed by atoms with van der Waals surface area (Å²) in [5.74, 6) is 0.0616. The zero-order chi connectivity index (χ0) is 21.6. The van der Waals surface area contributed by atoms with Gasteiger partial charge in [0.2, 0.25) is 0 Å². The SMILES string of the molecule is CCn1nccc1C(=O)N1CCC2(CC1)Cc1c(c(C(=O)N3CCCC3)nn1C)CO2. The van der Waals surface area contributed by atoms with Crippen molar-refractivity contribution in [3.8, 4) is 0 Å². The van der Waals surface area contributed by atoms with Crippen molar-refractivity contribution < 1.29 is 14.3 Å². The van der Waals surface area contributed by atoms with E-state index in [0.717, 1.165) is 56.5 Å². The third kappa shape index (κ3) is 3.44. The van der Waals surface area contributed by atoms with Crippen LogP contribution in [-0.4, -0.2) is 73.0 Å². The van der Waals surface area contributed by atoms with Gasteiger partial charge in [0.25, 0.3) is 11.8 Å². The van der Waals surface area contributed by atoms with Crippen LogP contribution in [0.25, 0.3) is 0 Å². The Kier molecular flexibility index (Phi) is 5.08. The number of rotatable bonds is 3. The van der Waals surface area contributed by atoms with Gasteiger partial charge in [-0.15, -0.1) is 0 Å². The first kappa shape index (κ1) is 20.2. The van der Waals surface area contributed by atoms with Crippen LogP contribution >= 0.6 is 0 Å². The molecule has 0 unspecified atom stereocenters. The summed E-state index contributed by atoms with van der Waals surface area (Å²) in [4.78, 5) is 29.7. The van der Waals surface area contributed by atoms with Crippen LogP contribution in [0, 0.1) is 0 Å². The van der Waals surface area contributed by atoms with E-state index >= 15 is 0 Å². The summed E-state index contributed by atoms with van der Waals surface area (Å²) < 4.78 is 9.99. The van der Waals surface area contributed by atoms with Gasteiger partial charge in [0.15, 0.2) is 5.69 Å². The van der Waals surface area contributed by atoms with Crippen LogP contribution < -0.4 is 0 Å². The molecule has 0 bridgehead atoms. The van der Waals surface area contributed by atoms with Crippen molar-refractivity contribution in [2.75, 3.05) is 26.2 Å². The molecule has 2 saturated heterocycles. The zero-order valence-electron chi connectivity index (χ0n) is 18.3. The second kappa shape index (κ2) is 7.78. The summed E-state index contributed by atoms with van der Waals surface area (Å²) in [7, 11) is 1.92. The summed E-state index contributed by atoms with van der Waals surface area (Å²) in [6.07, 6.45) is 6.09. The van der Waals surface area contributed by atoms with Crippen LogP contribution in [0.4, 0.5) is 0 Å². The smallest absolute Gasteiger partial charge is 0.274 e. The molecule has 2 fully saturated rings. The molecule has 2 amide bonds. The average molecular weight is 427 g/mol. The van der Waals surface area contributed by atoms with E-state index in [1.807, 2.05) is 28.5 Å². The number of hydrogen-bond acceptors (Lipinski definition) is 5. The molecule has 0 N–H and O–H groups in total. The summed E-state index contributed by atoms with van der Waals surface area (Å²) in [5, 5.41) is 8.80. The largest absolute Gasteiger partial charge is 0.370 e. The maximum Gasteiger partial charge on any atom is 0.274 e. The third-order valence-corrected chi connectivity index (χ3v) is 7.08. The van der Waals surface area contributed by atoms with Crippen LogP contribution in [0.5, 0.6) is 0 Å². The zero-order valence-corrected chi connectivity index (χ0v) is 18.3. The van der Waals surface area contributed by atoms with Crippen LogP contribution in [0.2, 0.25) is 0 Å². The lowest BCUT2D eigenvalue weighted by Gasteiger charge is -2.43. The van der Waals surface area contributed by atoms with Crippen molar-refractivity contribution in [1.29, 1.82) is 0 Å². The maximum atomic E-state index is 12.9. The lowest BCUT2D eigenvalue weighted by atomic mass is 9.83. The number of ether oxygens (including phenoxy) is 1. The fraction of sp³-hybridized carbons (Fsp3) is 0.636. The summed E-state index contributed by atoms with van der Waals surface area (Å²) in [6, 6.07) is 1.79. The Morgan fingerprint density at radius 3 is 2.52 bits per heavy atom. The number of nitrogens with zero attached hydrogens (tertiary/aromatic N) is 6. The van der Waals surface area contributed by atoms with Crippen molar-refractivity contribution in [2.24, 2.45) is 7.05 Å². The van der Waals surface area contributed by atoms with Crippen molar-refractivity contribution in [2.45, 2.75) is 57.8 Å². The highest BCUT2D eigenvalue weighted by molar-refractivity contribution is 5.94. The molecule has 31 heavy (non-hydrogen) atoms. The van der Waals surface area contributed by atoms with Gasteiger partial charge in [-0.3, -0.25) is 19.0 Å². The average Bonchev–Trinajstić information content (AvgIpc) is 3.54. The Hall–Kier alpha value is -2.68. The minimum absolute atomic E-state index is 0.0295. The minimum Gasteiger partial charge on any atom is -0.370 e. The lowest BCUT2D eigenvalue weighted by molar-refractivity contribution is -0.0991. The Balaban J connectivity index is 1.29. The molecule has 0 saturated carbocycles. The first-order chi connectivity index (χ1) is 15.0. The number of aryl methyl sites for hydroxylation is 2. The molecule has 0 radical (unpaired) electrons. The molecule has 0 aliphatic carbocycles. The van der Waals surface area contributed by atoms with E-state index in [1.165, 1.54) is 0 Å². The van der Waals surface area contributed by atoms with Gasteiger partial charge in [-0.05, 0) is 38.7 Å². The molecule has 9 nitrogen and oxygen atoms in total. The molecule has 9 heteroatoms. The first-order valence-electron chi connectivity index (χ1n) is 11.3. The second-order valence-corrected chi connectivity index (χ2v) is 8.87. The number of piperidine rings is 1. The van der Waals surface area contributed by atoms with E-state index in [9.17, 15) is 9.59 Å². The van der Waals surface area contributed by atoms with Gasteiger partial charge in [0.1, 0.15) is 5.69 Å². The number of carbonyl (C=O) groups excluding carboxylic acids is 2. The number of likely N-dealkylation sites (tertiary alicyclic amines) is 2. The summed E-state index contributed by atoms with van der Waals surface area (Å²) in [6.45, 7) is 6.01. The van der Waals surface area contributed by atoms with E-state index in [2.05, 4.69) is 10.2 Å². The third-order valence-electron chi connectivity index (χ3n) is 7.08. The maximum absolute atomic E-state index is 12.9. The predicted octanol–water partition coefficient (Wildman–Crippen LogP) is 1.62. The molecule has 0 aromatic carbocycles. The summed E-state index contributed by atoms with van der Waals surface area (Å²) in [5.41, 5.74) is 2.93. The topological polar surface area (TPSA) is 85.5 Å². The van der Waals surface area contributed by atoms with Gasteiger partial charge >= 0.3 is 0 Å². The molecule has 3 aliphatic rings. The van der Waals surface area contributed by atoms with Gasteiger partial charge in [0.05, 0.1) is 12.2 Å². The molecule has 3 aliphatic heterocycles. The predicted molar refractivity (Wildman–Crippen MR) is 113 cm³/mol. The van der Waals surface area contributed by atoms with Crippen LogP contribution in [0.15, 0.2) is 12.3 Å². The van der Waals surface area contributed by atoms with Crippen LogP contribution in [-0.2, 0) is 31.4 Å². The molecule has 166 valence electrons.